The molecule has 1 aromatic heterocycles. The number of nitrogens with zero attached hydrogens (tertiary/aromatic N) is 4. The van der Waals surface area contributed by atoms with E-state index in [0.29, 0.717) is 5.95 Å². The molecular formula is C25H22N6O. The number of benzene rings is 3. The fraction of sp³-hybridized carbons (Fsp3) is 0.0800. The van der Waals surface area contributed by atoms with Crippen molar-refractivity contribution in [3.05, 3.63) is 95.7 Å². The molecule has 5 N–H and O–H groups in total. The summed E-state index contributed by atoms with van der Waals surface area (Å²) in [4.78, 5) is 4.50. The van der Waals surface area contributed by atoms with Crippen molar-refractivity contribution >= 4 is 17.5 Å². The van der Waals surface area contributed by atoms with Gasteiger partial charge in [0.1, 0.15) is 0 Å². The van der Waals surface area contributed by atoms with Crippen LogP contribution in [0.3, 0.4) is 0 Å². The van der Waals surface area contributed by atoms with E-state index in [1.54, 1.807) is 4.68 Å². The van der Waals surface area contributed by atoms with E-state index in [0.717, 1.165) is 52.1 Å². The Morgan fingerprint density at radius 1 is 0.875 bits per heavy atom. The molecule has 32 heavy (non-hydrogen) atoms. The summed E-state index contributed by atoms with van der Waals surface area (Å²) in [7, 11) is 0. The monoisotopic (exact) mass is 422 g/mol. The van der Waals surface area contributed by atoms with Gasteiger partial charge in [-0.3, -0.25) is 0 Å². The van der Waals surface area contributed by atoms with Crippen molar-refractivity contribution < 1.29 is 5.21 Å². The molecule has 1 aliphatic rings. The summed E-state index contributed by atoms with van der Waals surface area (Å²) in [5.41, 5.74) is 19.7. The second-order valence-electron chi connectivity index (χ2n) is 7.64. The van der Waals surface area contributed by atoms with Crippen LogP contribution in [-0.4, -0.2) is 26.4 Å². The molecule has 0 fully saturated rings. The van der Waals surface area contributed by atoms with Gasteiger partial charge in [-0.2, -0.15) is 5.10 Å². The molecule has 4 aromatic rings. The van der Waals surface area contributed by atoms with Gasteiger partial charge in [0, 0.05) is 16.7 Å². The zero-order chi connectivity index (χ0) is 22.1. The number of rotatable bonds is 4. The summed E-state index contributed by atoms with van der Waals surface area (Å²) in [5.74, 6) is 0.423. The zero-order valence-corrected chi connectivity index (χ0v) is 17.3. The van der Waals surface area contributed by atoms with E-state index in [4.69, 9.17) is 21.8 Å². The van der Waals surface area contributed by atoms with Crippen molar-refractivity contribution in [3.63, 3.8) is 0 Å². The lowest BCUT2D eigenvalue weighted by Crippen LogP contribution is -2.15. The van der Waals surface area contributed by atoms with Crippen LogP contribution in [0.4, 0.5) is 5.95 Å². The molecule has 0 aliphatic heterocycles. The first-order chi connectivity index (χ1) is 15.6. The maximum atomic E-state index is 9.05. The summed E-state index contributed by atoms with van der Waals surface area (Å²) in [6, 6.07) is 24.2. The molecule has 158 valence electrons. The highest BCUT2D eigenvalue weighted by Gasteiger charge is 2.22. The molecular weight excluding hydrogens is 400 g/mol. The smallest absolute Gasteiger partial charge is 0.221 e. The molecule has 0 spiro atoms. The van der Waals surface area contributed by atoms with Crippen molar-refractivity contribution in [1.82, 2.24) is 9.66 Å². The molecule has 1 aliphatic carbocycles. The highest BCUT2D eigenvalue weighted by Crippen LogP contribution is 2.28. The zero-order valence-electron chi connectivity index (χ0n) is 17.3. The third-order valence-electron chi connectivity index (χ3n) is 5.71. The summed E-state index contributed by atoms with van der Waals surface area (Å²) < 4.78 is 1.61. The molecule has 0 amide bonds. The molecule has 3 aromatic carbocycles. The quantitative estimate of drug-likeness (QED) is 0.199. The van der Waals surface area contributed by atoms with E-state index in [-0.39, 0.29) is 5.84 Å². The molecule has 0 saturated heterocycles. The standard InChI is InChI=1S/C25H22N6O/c26-24(30-32)21-8-4-7-20-19(21)13-14-22(20)29-31-15-23(28-25(31)27)18-11-9-17(10-12-18)16-5-2-1-3-6-16/h1-12,15,32H,13-14H2,(H2,26,30)(H2,27,28). The van der Waals surface area contributed by atoms with Crippen molar-refractivity contribution in [1.29, 1.82) is 0 Å². The minimum atomic E-state index is 0.103. The highest BCUT2D eigenvalue weighted by atomic mass is 16.4. The van der Waals surface area contributed by atoms with E-state index in [1.807, 2.05) is 54.7 Å². The number of nitrogen functional groups attached to an aromatic ring is 1. The van der Waals surface area contributed by atoms with Gasteiger partial charge in [0.2, 0.25) is 5.95 Å². The third-order valence-corrected chi connectivity index (χ3v) is 5.71. The number of oxime groups is 1. The first kappa shape index (κ1) is 19.6. The van der Waals surface area contributed by atoms with Crippen LogP contribution in [-0.2, 0) is 6.42 Å². The Morgan fingerprint density at radius 3 is 2.34 bits per heavy atom. The normalized spacial score (nSPS) is 14.6. The van der Waals surface area contributed by atoms with Crippen LogP contribution in [0.5, 0.6) is 0 Å². The van der Waals surface area contributed by atoms with E-state index < -0.39 is 0 Å². The van der Waals surface area contributed by atoms with Crippen LogP contribution < -0.4 is 11.5 Å². The van der Waals surface area contributed by atoms with Crippen LogP contribution in [0.2, 0.25) is 0 Å². The van der Waals surface area contributed by atoms with E-state index in [9.17, 15) is 0 Å². The number of anilines is 1. The summed E-state index contributed by atoms with van der Waals surface area (Å²) in [6.45, 7) is 0. The summed E-state index contributed by atoms with van der Waals surface area (Å²) in [5, 5.41) is 16.9. The predicted octanol–water partition coefficient (Wildman–Crippen LogP) is 4.09. The fourth-order valence-corrected chi connectivity index (χ4v) is 4.10. The number of fused-ring (bicyclic) bond motifs is 1. The second-order valence-corrected chi connectivity index (χ2v) is 7.64. The van der Waals surface area contributed by atoms with Crippen LogP contribution in [0.15, 0.2) is 89.3 Å². The van der Waals surface area contributed by atoms with Crippen LogP contribution in [0, 0.1) is 0 Å². The first-order valence-corrected chi connectivity index (χ1v) is 10.3. The molecule has 0 atom stereocenters. The fourth-order valence-electron chi connectivity index (χ4n) is 4.10. The summed E-state index contributed by atoms with van der Waals surface area (Å²) >= 11 is 0. The second kappa shape index (κ2) is 8.03. The SMILES string of the molecule is NC(=NO)c1cccc2c1CCC2=Nn1cc(-c2ccc(-c3ccccc3)cc2)nc1N. The van der Waals surface area contributed by atoms with Crippen molar-refractivity contribution in [2.24, 2.45) is 16.0 Å². The molecule has 0 radical (unpaired) electrons. The van der Waals surface area contributed by atoms with Crippen LogP contribution >= 0.6 is 0 Å². The Hall–Kier alpha value is -4.39. The molecule has 7 heteroatoms. The van der Waals surface area contributed by atoms with Gasteiger partial charge in [0.05, 0.1) is 17.6 Å². The van der Waals surface area contributed by atoms with Crippen LogP contribution in [0.1, 0.15) is 23.1 Å². The van der Waals surface area contributed by atoms with Gasteiger partial charge < -0.3 is 16.7 Å². The minimum Gasteiger partial charge on any atom is -0.409 e. The van der Waals surface area contributed by atoms with Gasteiger partial charge in [-0.05, 0) is 29.5 Å². The Balaban J connectivity index is 1.45. The summed E-state index contributed by atoms with van der Waals surface area (Å²) in [6.07, 6.45) is 3.35. The first-order valence-electron chi connectivity index (χ1n) is 10.3. The number of amidine groups is 1. The van der Waals surface area contributed by atoms with Gasteiger partial charge >= 0.3 is 0 Å². The highest BCUT2D eigenvalue weighted by molar-refractivity contribution is 6.09. The predicted molar refractivity (Wildman–Crippen MR) is 127 cm³/mol. The lowest BCUT2D eigenvalue weighted by atomic mass is 10.0. The van der Waals surface area contributed by atoms with Gasteiger partial charge in [-0.1, -0.05) is 78.0 Å². The lowest BCUT2D eigenvalue weighted by molar-refractivity contribution is 0.318. The van der Waals surface area contributed by atoms with E-state index >= 15 is 0 Å². The third kappa shape index (κ3) is 3.50. The van der Waals surface area contributed by atoms with Gasteiger partial charge in [-0.15, -0.1) is 0 Å². The Kier molecular flexibility index (Phi) is 4.91. The van der Waals surface area contributed by atoms with E-state index in [1.165, 1.54) is 5.56 Å². The molecule has 5 rings (SSSR count). The molecule has 0 saturated carbocycles. The van der Waals surface area contributed by atoms with Crippen molar-refractivity contribution in [3.8, 4) is 22.4 Å². The van der Waals surface area contributed by atoms with Crippen molar-refractivity contribution in [2.75, 3.05) is 5.73 Å². The average molecular weight is 422 g/mol. The minimum absolute atomic E-state index is 0.103. The number of hydrogen-bond acceptors (Lipinski definition) is 5. The number of imidazole rings is 1. The van der Waals surface area contributed by atoms with Gasteiger partial charge in [-0.25, -0.2) is 9.66 Å². The maximum Gasteiger partial charge on any atom is 0.221 e. The maximum absolute atomic E-state index is 9.05. The number of aromatic nitrogens is 2. The van der Waals surface area contributed by atoms with Crippen LogP contribution in [0.25, 0.3) is 22.4 Å². The number of nitrogens with two attached hydrogens (primary N) is 2. The molecule has 7 nitrogen and oxygen atoms in total. The Bertz CT molecular complexity index is 1340. The topological polar surface area (TPSA) is 115 Å². The average Bonchev–Trinajstić information content (AvgIpc) is 3.43. The van der Waals surface area contributed by atoms with Crippen molar-refractivity contribution in [2.45, 2.75) is 12.8 Å². The van der Waals surface area contributed by atoms with Gasteiger partial charge in [0.25, 0.3) is 0 Å². The number of hydrogen-bond donors (Lipinski definition) is 3. The Morgan fingerprint density at radius 2 is 1.59 bits per heavy atom. The Labute approximate surface area is 185 Å². The molecule has 0 unspecified atom stereocenters. The largest absolute Gasteiger partial charge is 0.409 e. The van der Waals surface area contributed by atoms with Gasteiger partial charge in [0.15, 0.2) is 5.84 Å². The van der Waals surface area contributed by atoms with E-state index in [2.05, 4.69) is 34.4 Å². The molecule has 0 bridgehead atoms. The molecule has 1 heterocycles. The lowest BCUT2D eigenvalue weighted by Gasteiger charge is -2.06.